The van der Waals surface area contributed by atoms with Gasteiger partial charge in [0.1, 0.15) is 5.75 Å². The van der Waals surface area contributed by atoms with E-state index >= 15 is 0 Å². The van der Waals surface area contributed by atoms with Crippen molar-refractivity contribution in [1.82, 2.24) is 9.55 Å². The first-order valence-electron chi connectivity index (χ1n) is 6.97. The van der Waals surface area contributed by atoms with Gasteiger partial charge in [0.15, 0.2) is 0 Å². The van der Waals surface area contributed by atoms with Crippen LogP contribution in [0, 0.1) is 5.41 Å². The molecule has 1 aliphatic carbocycles. The number of fused-ring (bicyclic) bond motifs is 1. The molecular formula is C15H21N3O. The third kappa shape index (κ3) is 1.95. The van der Waals surface area contributed by atoms with Gasteiger partial charge in [0.2, 0.25) is 5.95 Å². The maximum Gasteiger partial charge on any atom is 0.201 e. The molecule has 1 heterocycles. The van der Waals surface area contributed by atoms with Crippen LogP contribution < -0.4 is 10.5 Å². The second kappa shape index (κ2) is 4.44. The van der Waals surface area contributed by atoms with Crippen LogP contribution in [0.25, 0.3) is 11.0 Å². The number of imidazole rings is 1. The van der Waals surface area contributed by atoms with Crippen LogP contribution in [0.2, 0.25) is 0 Å². The van der Waals surface area contributed by atoms with E-state index in [0.717, 1.165) is 23.3 Å². The second-order valence-electron chi connectivity index (χ2n) is 5.62. The molecule has 0 spiro atoms. The Bertz CT molecular complexity index is 593. The van der Waals surface area contributed by atoms with Crippen LogP contribution in [0.3, 0.4) is 0 Å². The zero-order valence-electron chi connectivity index (χ0n) is 11.6. The van der Waals surface area contributed by atoms with Crippen molar-refractivity contribution in [2.75, 3.05) is 12.8 Å². The Morgan fingerprint density at radius 1 is 1.42 bits per heavy atom. The molecule has 1 fully saturated rings. The molecule has 0 unspecified atom stereocenters. The van der Waals surface area contributed by atoms with Crippen LogP contribution in [-0.4, -0.2) is 16.7 Å². The zero-order chi connectivity index (χ0) is 13.5. The van der Waals surface area contributed by atoms with Gasteiger partial charge in [-0.05, 0) is 36.8 Å². The van der Waals surface area contributed by atoms with Crippen molar-refractivity contribution in [1.29, 1.82) is 0 Å². The van der Waals surface area contributed by atoms with Gasteiger partial charge < -0.3 is 15.0 Å². The number of ether oxygens (including phenoxy) is 1. The number of rotatable bonds is 4. The van der Waals surface area contributed by atoms with Gasteiger partial charge in [-0.25, -0.2) is 4.98 Å². The van der Waals surface area contributed by atoms with Crippen molar-refractivity contribution in [2.24, 2.45) is 5.41 Å². The monoisotopic (exact) mass is 259 g/mol. The SMILES string of the molecule is CCC1(Cn2c(N)nc3ccc(OC)cc32)CCC1. The Labute approximate surface area is 113 Å². The van der Waals surface area contributed by atoms with E-state index < -0.39 is 0 Å². The minimum atomic E-state index is 0.421. The molecule has 0 bridgehead atoms. The molecule has 19 heavy (non-hydrogen) atoms. The topological polar surface area (TPSA) is 53.1 Å². The number of anilines is 1. The van der Waals surface area contributed by atoms with E-state index in [4.69, 9.17) is 10.5 Å². The van der Waals surface area contributed by atoms with Crippen molar-refractivity contribution in [3.63, 3.8) is 0 Å². The zero-order valence-corrected chi connectivity index (χ0v) is 11.6. The van der Waals surface area contributed by atoms with Crippen molar-refractivity contribution >= 4 is 17.0 Å². The molecule has 102 valence electrons. The number of nitrogen functional groups attached to an aromatic ring is 1. The number of methoxy groups -OCH3 is 1. The summed E-state index contributed by atoms with van der Waals surface area (Å²) >= 11 is 0. The first-order chi connectivity index (χ1) is 9.17. The van der Waals surface area contributed by atoms with E-state index in [1.54, 1.807) is 7.11 Å². The van der Waals surface area contributed by atoms with Crippen molar-refractivity contribution in [3.8, 4) is 5.75 Å². The summed E-state index contributed by atoms with van der Waals surface area (Å²) in [5, 5.41) is 0. The Hall–Kier alpha value is -1.71. The molecule has 0 radical (unpaired) electrons. The Kier molecular flexibility index (Phi) is 2.88. The number of aromatic nitrogens is 2. The van der Waals surface area contributed by atoms with Gasteiger partial charge in [-0.2, -0.15) is 0 Å². The molecular weight excluding hydrogens is 238 g/mol. The molecule has 3 rings (SSSR count). The number of nitrogens with zero attached hydrogens (tertiary/aromatic N) is 2. The highest BCUT2D eigenvalue weighted by Gasteiger charge is 2.36. The molecule has 4 heteroatoms. The fourth-order valence-corrected chi connectivity index (χ4v) is 3.05. The highest BCUT2D eigenvalue weighted by atomic mass is 16.5. The van der Waals surface area contributed by atoms with Crippen molar-refractivity contribution in [3.05, 3.63) is 18.2 Å². The molecule has 1 saturated carbocycles. The van der Waals surface area contributed by atoms with E-state index in [9.17, 15) is 0 Å². The van der Waals surface area contributed by atoms with E-state index in [1.165, 1.54) is 25.7 Å². The maximum atomic E-state index is 6.10. The van der Waals surface area contributed by atoms with Gasteiger partial charge in [0, 0.05) is 12.6 Å². The number of hydrogen-bond acceptors (Lipinski definition) is 3. The molecule has 1 aliphatic rings. The molecule has 4 nitrogen and oxygen atoms in total. The lowest BCUT2D eigenvalue weighted by molar-refractivity contribution is 0.103. The average molecular weight is 259 g/mol. The summed E-state index contributed by atoms with van der Waals surface area (Å²) in [6.45, 7) is 3.24. The van der Waals surface area contributed by atoms with Crippen LogP contribution >= 0.6 is 0 Å². The Balaban J connectivity index is 2.04. The Morgan fingerprint density at radius 2 is 2.21 bits per heavy atom. The summed E-state index contributed by atoms with van der Waals surface area (Å²) in [6.07, 6.45) is 5.14. The third-order valence-corrected chi connectivity index (χ3v) is 4.64. The highest BCUT2D eigenvalue weighted by Crippen LogP contribution is 2.46. The smallest absolute Gasteiger partial charge is 0.201 e. The van der Waals surface area contributed by atoms with E-state index in [-0.39, 0.29) is 0 Å². The molecule has 1 aromatic heterocycles. The summed E-state index contributed by atoms with van der Waals surface area (Å²) in [5.41, 5.74) is 8.55. The summed E-state index contributed by atoms with van der Waals surface area (Å²) < 4.78 is 7.45. The predicted molar refractivity (Wildman–Crippen MR) is 77.3 cm³/mol. The number of hydrogen-bond donors (Lipinski definition) is 1. The normalized spacial score (nSPS) is 17.4. The molecule has 1 aromatic carbocycles. The van der Waals surface area contributed by atoms with Crippen LogP contribution in [0.15, 0.2) is 18.2 Å². The summed E-state index contributed by atoms with van der Waals surface area (Å²) in [4.78, 5) is 4.45. The van der Waals surface area contributed by atoms with E-state index in [1.807, 2.05) is 18.2 Å². The molecule has 0 atom stereocenters. The van der Waals surface area contributed by atoms with Gasteiger partial charge in [0.25, 0.3) is 0 Å². The second-order valence-corrected chi connectivity index (χ2v) is 5.62. The van der Waals surface area contributed by atoms with Gasteiger partial charge in [-0.3, -0.25) is 0 Å². The largest absolute Gasteiger partial charge is 0.497 e. The fraction of sp³-hybridized carbons (Fsp3) is 0.533. The summed E-state index contributed by atoms with van der Waals surface area (Å²) in [5.74, 6) is 1.47. The van der Waals surface area contributed by atoms with E-state index in [2.05, 4.69) is 16.5 Å². The van der Waals surface area contributed by atoms with Crippen LogP contribution in [-0.2, 0) is 6.54 Å². The molecule has 0 aliphatic heterocycles. The lowest BCUT2D eigenvalue weighted by atomic mass is 9.67. The fourth-order valence-electron chi connectivity index (χ4n) is 3.05. The van der Waals surface area contributed by atoms with Gasteiger partial charge >= 0.3 is 0 Å². The lowest BCUT2D eigenvalue weighted by Crippen LogP contribution is -2.33. The van der Waals surface area contributed by atoms with Crippen LogP contribution in [0.1, 0.15) is 32.6 Å². The quantitative estimate of drug-likeness (QED) is 0.917. The first kappa shape index (κ1) is 12.3. The minimum Gasteiger partial charge on any atom is -0.497 e. The minimum absolute atomic E-state index is 0.421. The van der Waals surface area contributed by atoms with Crippen molar-refractivity contribution in [2.45, 2.75) is 39.2 Å². The average Bonchev–Trinajstić information content (AvgIpc) is 2.69. The third-order valence-electron chi connectivity index (χ3n) is 4.64. The van der Waals surface area contributed by atoms with Crippen LogP contribution in [0.5, 0.6) is 5.75 Å². The van der Waals surface area contributed by atoms with Gasteiger partial charge in [0.05, 0.1) is 18.1 Å². The molecule has 0 saturated heterocycles. The Morgan fingerprint density at radius 3 is 2.79 bits per heavy atom. The molecule has 2 aromatic rings. The predicted octanol–water partition coefficient (Wildman–Crippen LogP) is 3.21. The summed E-state index contributed by atoms with van der Waals surface area (Å²) in [6, 6.07) is 5.93. The first-order valence-corrected chi connectivity index (χ1v) is 6.97. The lowest BCUT2D eigenvalue weighted by Gasteiger charge is -2.41. The highest BCUT2D eigenvalue weighted by molar-refractivity contribution is 5.79. The maximum absolute atomic E-state index is 6.10. The van der Waals surface area contributed by atoms with Gasteiger partial charge in [-0.15, -0.1) is 0 Å². The molecule has 0 amide bonds. The number of benzene rings is 1. The van der Waals surface area contributed by atoms with Crippen LogP contribution in [0.4, 0.5) is 5.95 Å². The standard InChI is InChI=1S/C15H21N3O/c1-3-15(7-4-8-15)10-18-13-9-11(19-2)5-6-12(13)17-14(18)16/h5-6,9H,3-4,7-8,10H2,1-2H3,(H2,16,17). The van der Waals surface area contributed by atoms with Gasteiger partial charge in [-0.1, -0.05) is 13.3 Å². The summed E-state index contributed by atoms with van der Waals surface area (Å²) in [7, 11) is 1.69. The van der Waals surface area contributed by atoms with Crippen molar-refractivity contribution < 1.29 is 4.74 Å². The molecule has 2 N–H and O–H groups in total. The number of nitrogens with two attached hydrogens (primary N) is 1. The van der Waals surface area contributed by atoms with E-state index in [0.29, 0.717) is 11.4 Å².